The van der Waals surface area contributed by atoms with Gasteiger partial charge in [0.15, 0.2) is 0 Å². The fourth-order valence-corrected chi connectivity index (χ4v) is 3.09. The Kier molecular flexibility index (Phi) is 6.72. The minimum atomic E-state index is -0.443. The van der Waals surface area contributed by atoms with Crippen LogP contribution in [0.15, 0.2) is 85.7 Å². The Bertz CT molecular complexity index is 1080. The van der Waals surface area contributed by atoms with E-state index < -0.39 is 11.9 Å². The average Bonchev–Trinajstić information content (AvgIpc) is 3.54. The van der Waals surface area contributed by atoms with Crippen LogP contribution in [0.5, 0.6) is 0 Å². The summed E-state index contributed by atoms with van der Waals surface area (Å²) in [5.41, 5.74) is 1.66. The first-order chi connectivity index (χ1) is 15.7. The molecule has 0 radical (unpaired) electrons. The predicted octanol–water partition coefficient (Wildman–Crippen LogP) is 3.46. The van der Waals surface area contributed by atoms with Crippen molar-refractivity contribution in [3.63, 3.8) is 0 Å². The van der Waals surface area contributed by atoms with Gasteiger partial charge in [-0.2, -0.15) is 0 Å². The molecule has 162 valence electrons. The van der Waals surface area contributed by atoms with Crippen molar-refractivity contribution in [2.75, 3.05) is 13.2 Å². The normalized spacial score (nSPS) is 10.6. The van der Waals surface area contributed by atoms with Crippen molar-refractivity contribution in [3.8, 4) is 11.4 Å². The molecule has 0 bridgehead atoms. The fourth-order valence-electron chi connectivity index (χ4n) is 3.09. The molecule has 4 heterocycles. The highest BCUT2D eigenvalue weighted by Gasteiger charge is 2.13. The van der Waals surface area contributed by atoms with Crippen molar-refractivity contribution in [3.05, 3.63) is 96.8 Å². The van der Waals surface area contributed by atoms with Crippen molar-refractivity contribution in [2.45, 2.75) is 13.1 Å². The van der Waals surface area contributed by atoms with Gasteiger partial charge in [-0.3, -0.25) is 9.97 Å². The number of carbonyl (C=O) groups excluding carboxylic acids is 2. The van der Waals surface area contributed by atoms with Crippen LogP contribution in [-0.4, -0.2) is 44.3 Å². The van der Waals surface area contributed by atoms with Crippen molar-refractivity contribution in [2.24, 2.45) is 0 Å². The molecular weight excluding hydrogens is 408 g/mol. The Morgan fingerprint density at radius 3 is 1.50 bits per heavy atom. The summed E-state index contributed by atoms with van der Waals surface area (Å²) in [5, 5.41) is 0. The largest absolute Gasteiger partial charge is 0.460 e. The molecule has 0 spiro atoms. The van der Waals surface area contributed by atoms with Crippen molar-refractivity contribution in [1.82, 2.24) is 19.1 Å². The number of hydrogen-bond acceptors (Lipinski definition) is 6. The maximum absolute atomic E-state index is 12.4. The van der Waals surface area contributed by atoms with Crippen LogP contribution >= 0.6 is 0 Å². The third kappa shape index (κ3) is 5.48. The van der Waals surface area contributed by atoms with Crippen LogP contribution in [0.25, 0.3) is 11.4 Å². The summed E-state index contributed by atoms with van der Waals surface area (Å²) in [5.74, 6) is -0.886. The molecule has 4 rings (SSSR count). The zero-order valence-electron chi connectivity index (χ0n) is 17.3. The number of aromatic nitrogens is 4. The second-order valence-electron chi connectivity index (χ2n) is 6.97. The Labute approximate surface area is 185 Å². The van der Waals surface area contributed by atoms with Gasteiger partial charge in [0.25, 0.3) is 0 Å². The molecule has 0 fully saturated rings. The fraction of sp³-hybridized carbons (Fsp3) is 0.167. The van der Waals surface area contributed by atoms with Crippen molar-refractivity contribution in [1.29, 1.82) is 0 Å². The molecule has 0 N–H and O–H groups in total. The molecule has 4 aromatic rings. The van der Waals surface area contributed by atoms with Crippen LogP contribution < -0.4 is 0 Å². The molecule has 8 heteroatoms. The van der Waals surface area contributed by atoms with E-state index in [2.05, 4.69) is 9.97 Å². The first kappa shape index (κ1) is 21.0. The summed E-state index contributed by atoms with van der Waals surface area (Å²) in [7, 11) is 0. The van der Waals surface area contributed by atoms with Gasteiger partial charge >= 0.3 is 11.9 Å². The van der Waals surface area contributed by atoms with Crippen LogP contribution in [0.1, 0.15) is 20.7 Å². The first-order valence-corrected chi connectivity index (χ1v) is 10.2. The monoisotopic (exact) mass is 430 g/mol. The van der Waals surface area contributed by atoms with E-state index in [1.165, 1.54) is 12.4 Å². The topological polar surface area (TPSA) is 88.2 Å². The van der Waals surface area contributed by atoms with Crippen molar-refractivity contribution < 1.29 is 19.1 Å². The summed E-state index contributed by atoms with van der Waals surface area (Å²) in [6.07, 6.45) is 10.7. The third-order valence-corrected chi connectivity index (χ3v) is 4.75. The summed E-state index contributed by atoms with van der Waals surface area (Å²) in [6, 6.07) is 14.0. The van der Waals surface area contributed by atoms with Crippen molar-refractivity contribution >= 4 is 11.9 Å². The van der Waals surface area contributed by atoms with Crippen LogP contribution in [0.2, 0.25) is 0 Å². The molecule has 0 aliphatic rings. The Morgan fingerprint density at radius 1 is 0.688 bits per heavy atom. The number of nitrogens with zero attached hydrogens (tertiary/aromatic N) is 4. The molecule has 0 unspecified atom stereocenters. The standard InChI is InChI=1S/C24H22N4O4/c29-23(31-15-13-27-9-1-2-10-27)19-5-7-25-21(17-19)22-18-20(6-8-26-22)24(30)32-16-14-28-11-3-4-12-28/h1-12,17-18H,13-16H2. The number of pyridine rings is 2. The van der Waals surface area contributed by atoms with E-state index >= 15 is 0 Å². The molecule has 0 aliphatic carbocycles. The van der Waals surface area contributed by atoms with Gasteiger partial charge in [-0.05, 0) is 48.5 Å². The maximum atomic E-state index is 12.4. The number of rotatable bonds is 9. The van der Waals surface area contributed by atoms with E-state index in [9.17, 15) is 9.59 Å². The molecule has 0 saturated carbocycles. The summed E-state index contributed by atoms with van der Waals surface area (Å²) in [6.45, 7) is 1.67. The molecule has 0 aliphatic heterocycles. The highest BCUT2D eigenvalue weighted by molar-refractivity contribution is 5.92. The molecule has 8 nitrogen and oxygen atoms in total. The van der Waals surface area contributed by atoms with E-state index in [1.54, 1.807) is 24.3 Å². The minimum absolute atomic E-state index is 0.258. The highest BCUT2D eigenvalue weighted by Crippen LogP contribution is 2.18. The minimum Gasteiger partial charge on any atom is -0.460 e. The van der Waals surface area contributed by atoms with E-state index in [-0.39, 0.29) is 13.2 Å². The van der Waals surface area contributed by atoms with Crippen LogP contribution in [-0.2, 0) is 22.6 Å². The molecule has 32 heavy (non-hydrogen) atoms. The highest BCUT2D eigenvalue weighted by atomic mass is 16.5. The number of ether oxygens (including phenoxy) is 2. The van der Waals surface area contributed by atoms with Gasteiger partial charge in [-0.1, -0.05) is 0 Å². The van der Waals surface area contributed by atoms with E-state index in [1.807, 2.05) is 58.2 Å². The lowest BCUT2D eigenvalue weighted by Gasteiger charge is -2.08. The van der Waals surface area contributed by atoms with Gasteiger partial charge in [0, 0.05) is 37.2 Å². The van der Waals surface area contributed by atoms with Gasteiger partial charge in [-0.15, -0.1) is 0 Å². The zero-order chi connectivity index (χ0) is 22.2. The van der Waals surface area contributed by atoms with Gasteiger partial charge in [0.1, 0.15) is 13.2 Å². The Hall–Kier alpha value is -4.20. The lowest BCUT2D eigenvalue weighted by Crippen LogP contribution is -2.11. The lowest BCUT2D eigenvalue weighted by atomic mass is 10.1. The number of esters is 2. The van der Waals surface area contributed by atoms with E-state index in [0.29, 0.717) is 35.6 Å². The van der Waals surface area contributed by atoms with Gasteiger partial charge in [-0.25, -0.2) is 9.59 Å². The second-order valence-corrected chi connectivity index (χ2v) is 6.97. The summed E-state index contributed by atoms with van der Waals surface area (Å²) < 4.78 is 14.5. The quantitative estimate of drug-likeness (QED) is 0.378. The van der Waals surface area contributed by atoms with Crippen LogP contribution in [0, 0.1) is 0 Å². The zero-order valence-corrected chi connectivity index (χ0v) is 17.3. The first-order valence-electron chi connectivity index (χ1n) is 10.2. The van der Waals surface area contributed by atoms with Crippen LogP contribution in [0.4, 0.5) is 0 Å². The maximum Gasteiger partial charge on any atom is 0.338 e. The summed E-state index contributed by atoms with van der Waals surface area (Å²) >= 11 is 0. The molecule has 0 saturated heterocycles. The molecular formula is C24H22N4O4. The van der Waals surface area contributed by atoms with Crippen LogP contribution in [0.3, 0.4) is 0 Å². The molecule has 0 amide bonds. The predicted molar refractivity (Wildman–Crippen MR) is 117 cm³/mol. The van der Waals surface area contributed by atoms with Gasteiger partial charge in [0.2, 0.25) is 0 Å². The Morgan fingerprint density at radius 2 is 1.09 bits per heavy atom. The molecule has 0 atom stereocenters. The molecule has 0 aromatic carbocycles. The third-order valence-electron chi connectivity index (χ3n) is 4.75. The second kappa shape index (κ2) is 10.2. The number of hydrogen-bond donors (Lipinski definition) is 0. The Balaban J connectivity index is 1.37. The van der Waals surface area contributed by atoms with Gasteiger partial charge < -0.3 is 18.6 Å². The van der Waals surface area contributed by atoms with E-state index in [4.69, 9.17) is 9.47 Å². The number of carbonyl (C=O) groups is 2. The SMILES string of the molecule is O=C(OCCn1cccc1)c1ccnc(-c2cc(C(=O)OCCn3cccc3)ccn2)c1. The summed E-state index contributed by atoms with van der Waals surface area (Å²) in [4.78, 5) is 33.3. The molecule has 4 aromatic heterocycles. The lowest BCUT2D eigenvalue weighted by molar-refractivity contribution is 0.0482. The smallest absolute Gasteiger partial charge is 0.338 e. The van der Waals surface area contributed by atoms with Gasteiger partial charge in [0.05, 0.1) is 35.6 Å². The average molecular weight is 430 g/mol. The van der Waals surface area contributed by atoms with E-state index in [0.717, 1.165) is 0 Å².